The van der Waals surface area contributed by atoms with E-state index in [9.17, 15) is 0 Å². The minimum Gasteiger partial charge on any atom is -0.497 e. The number of hydrogen-bond donors (Lipinski definition) is 1. The molecule has 1 aromatic rings. The van der Waals surface area contributed by atoms with E-state index in [1.54, 1.807) is 14.2 Å². The number of piperidine rings is 1. The molecular weight excluding hydrogens is 264 g/mol. The van der Waals surface area contributed by atoms with Crippen molar-refractivity contribution in [3.05, 3.63) is 23.8 Å². The zero-order valence-corrected chi connectivity index (χ0v) is 13.7. The lowest BCUT2D eigenvalue weighted by atomic mass is 9.82. The number of nitrogens with two attached hydrogens (primary N) is 1. The van der Waals surface area contributed by atoms with E-state index in [4.69, 9.17) is 15.2 Å². The summed E-state index contributed by atoms with van der Waals surface area (Å²) in [5, 5.41) is 0. The van der Waals surface area contributed by atoms with Gasteiger partial charge in [0.05, 0.1) is 14.2 Å². The minimum absolute atomic E-state index is 0.0590. The maximum Gasteiger partial charge on any atom is 0.123 e. The number of ether oxygens (including phenoxy) is 2. The van der Waals surface area contributed by atoms with Gasteiger partial charge >= 0.3 is 0 Å². The first-order chi connectivity index (χ1) is 9.95. The van der Waals surface area contributed by atoms with Crippen LogP contribution < -0.4 is 15.2 Å². The number of likely N-dealkylation sites (tertiary alicyclic amines) is 1. The van der Waals surface area contributed by atoms with E-state index in [0.29, 0.717) is 5.41 Å². The molecule has 0 saturated carbocycles. The molecule has 1 fully saturated rings. The van der Waals surface area contributed by atoms with Crippen molar-refractivity contribution in [2.75, 3.05) is 33.9 Å². The Kier molecular flexibility index (Phi) is 5.12. The molecule has 1 aliphatic heterocycles. The van der Waals surface area contributed by atoms with Crippen LogP contribution in [0.3, 0.4) is 0 Å². The summed E-state index contributed by atoms with van der Waals surface area (Å²) < 4.78 is 10.7. The average molecular weight is 292 g/mol. The molecule has 0 bridgehead atoms. The first kappa shape index (κ1) is 16.1. The van der Waals surface area contributed by atoms with Crippen molar-refractivity contribution in [2.24, 2.45) is 11.1 Å². The van der Waals surface area contributed by atoms with Crippen molar-refractivity contribution < 1.29 is 9.47 Å². The lowest BCUT2D eigenvalue weighted by Gasteiger charge is -2.38. The fourth-order valence-electron chi connectivity index (χ4n) is 2.85. The van der Waals surface area contributed by atoms with Crippen molar-refractivity contribution >= 4 is 0 Å². The Hall–Kier alpha value is -1.26. The molecule has 0 amide bonds. The van der Waals surface area contributed by atoms with E-state index >= 15 is 0 Å². The first-order valence-corrected chi connectivity index (χ1v) is 7.65. The summed E-state index contributed by atoms with van der Waals surface area (Å²) in [5.41, 5.74) is 7.90. The Balaban J connectivity index is 2.04. The molecule has 4 nitrogen and oxygen atoms in total. The van der Waals surface area contributed by atoms with Gasteiger partial charge in [-0.15, -0.1) is 0 Å². The van der Waals surface area contributed by atoms with Gasteiger partial charge < -0.3 is 20.1 Å². The van der Waals surface area contributed by atoms with Crippen LogP contribution in [0.1, 0.15) is 38.3 Å². The predicted molar refractivity (Wildman–Crippen MR) is 85.9 cm³/mol. The molecule has 0 aliphatic carbocycles. The van der Waals surface area contributed by atoms with Crippen molar-refractivity contribution in [2.45, 2.75) is 32.7 Å². The van der Waals surface area contributed by atoms with Crippen LogP contribution in [-0.4, -0.2) is 38.8 Å². The zero-order chi connectivity index (χ0) is 15.5. The van der Waals surface area contributed by atoms with Gasteiger partial charge in [0.15, 0.2) is 0 Å². The standard InChI is InChI=1S/C17H28N2O2/c1-17(2)7-9-19(10-8-17)12-15(18)14-11-13(20-3)5-6-16(14)21-4/h5-6,11,15H,7-10,12,18H2,1-4H3. The van der Waals surface area contributed by atoms with Gasteiger partial charge in [-0.3, -0.25) is 0 Å². The number of methoxy groups -OCH3 is 2. The van der Waals surface area contributed by atoms with Crippen LogP contribution in [0.4, 0.5) is 0 Å². The van der Waals surface area contributed by atoms with E-state index in [1.165, 1.54) is 12.8 Å². The molecular formula is C17H28N2O2. The fourth-order valence-corrected chi connectivity index (χ4v) is 2.85. The van der Waals surface area contributed by atoms with Crippen LogP contribution in [0.15, 0.2) is 18.2 Å². The second-order valence-corrected chi connectivity index (χ2v) is 6.68. The Bertz CT molecular complexity index is 464. The molecule has 1 aliphatic rings. The highest BCUT2D eigenvalue weighted by molar-refractivity contribution is 5.42. The van der Waals surface area contributed by atoms with Gasteiger partial charge in [0.2, 0.25) is 0 Å². The lowest BCUT2D eigenvalue weighted by Crippen LogP contribution is -2.41. The SMILES string of the molecule is COc1ccc(OC)c(C(N)CN2CCC(C)(C)CC2)c1. The molecule has 1 atom stereocenters. The van der Waals surface area contributed by atoms with Crippen LogP contribution in [0.25, 0.3) is 0 Å². The van der Waals surface area contributed by atoms with Crippen molar-refractivity contribution in [1.29, 1.82) is 0 Å². The number of hydrogen-bond acceptors (Lipinski definition) is 4. The molecule has 2 N–H and O–H groups in total. The fraction of sp³-hybridized carbons (Fsp3) is 0.647. The Morgan fingerprint density at radius 1 is 1.19 bits per heavy atom. The van der Waals surface area contributed by atoms with Crippen LogP contribution in [0, 0.1) is 5.41 Å². The third kappa shape index (κ3) is 4.11. The monoisotopic (exact) mass is 292 g/mol. The van der Waals surface area contributed by atoms with E-state index in [2.05, 4.69) is 18.7 Å². The molecule has 4 heteroatoms. The third-order valence-electron chi connectivity index (χ3n) is 4.50. The summed E-state index contributed by atoms with van der Waals surface area (Å²) in [4.78, 5) is 2.45. The van der Waals surface area contributed by atoms with E-state index in [-0.39, 0.29) is 6.04 Å². The molecule has 0 spiro atoms. The summed E-state index contributed by atoms with van der Waals surface area (Å²) >= 11 is 0. The number of nitrogens with zero attached hydrogens (tertiary/aromatic N) is 1. The van der Waals surface area contributed by atoms with Gasteiger partial charge in [-0.2, -0.15) is 0 Å². The smallest absolute Gasteiger partial charge is 0.123 e. The van der Waals surface area contributed by atoms with Gasteiger partial charge in [0.1, 0.15) is 11.5 Å². The molecule has 1 heterocycles. The first-order valence-electron chi connectivity index (χ1n) is 7.65. The van der Waals surface area contributed by atoms with Crippen molar-refractivity contribution in [1.82, 2.24) is 4.90 Å². The molecule has 1 aromatic carbocycles. The Labute approximate surface area is 128 Å². The summed E-state index contributed by atoms with van der Waals surface area (Å²) in [6, 6.07) is 5.75. The van der Waals surface area contributed by atoms with E-state index in [0.717, 1.165) is 36.7 Å². The van der Waals surface area contributed by atoms with Crippen LogP contribution in [-0.2, 0) is 0 Å². The van der Waals surface area contributed by atoms with Gasteiger partial charge in [-0.1, -0.05) is 13.8 Å². The summed E-state index contributed by atoms with van der Waals surface area (Å²) in [5.74, 6) is 1.65. The molecule has 118 valence electrons. The van der Waals surface area contributed by atoms with Crippen molar-refractivity contribution in [3.8, 4) is 11.5 Å². The maximum absolute atomic E-state index is 6.42. The topological polar surface area (TPSA) is 47.7 Å². The van der Waals surface area contributed by atoms with Crippen LogP contribution in [0.5, 0.6) is 11.5 Å². The Morgan fingerprint density at radius 3 is 2.43 bits per heavy atom. The maximum atomic E-state index is 6.42. The lowest BCUT2D eigenvalue weighted by molar-refractivity contribution is 0.126. The van der Waals surface area contributed by atoms with Gasteiger partial charge in [-0.05, 0) is 49.5 Å². The Morgan fingerprint density at radius 2 is 1.86 bits per heavy atom. The second kappa shape index (κ2) is 6.67. The number of benzene rings is 1. The summed E-state index contributed by atoms with van der Waals surface area (Å²) in [7, 11) is 3.35. The third-order valence-corrected chi connectivity index (χ3v) is 4.50. The molecule has 2 rings (SSSR count). The quantitative estimate of drug-likeness (QED) is 0.906. The molecule has 0 radical (unpaired) electrons. The summed E-state index contributed by atoms with van der Waals surface area (Å²) in [6.45, 7) is 7.78. The highest BCUT2D eigenvalue weighted by Gasteiger charge is 2.26. The molecule has 0 aromatic heterocycles. The van der Waals surface area contributed by atoms with Crippen LogP contribution >= 0.6 is 0 Å². The largest absolute Gasteiger partial charge is 0.497 e. The second-order valence-electron chi connectivity index (χ2n) is 6.68. The molecule has 1 saturated heterocycles. The van der Waals surface area contributed by atoms with Gasteiger partial charge in [-0.25, -0.2) is 0 Å². The molecule has 21 heavy (non-hydrogen) atoms. The predicted octanol–water partition coefficient (Wildman–Crippen LogP) is 2.83. The minimum atomic E-state index is -0.0590. The van der Waals surface area contributed by atoms with Crippen LogP contribution in [0.2, 0.25) is 0 Å². The normalized spacial score (nSPS) is 20.0. The highest BCUT2D eigenvalue weighted by atomic mass is 16.5. The van der Waals surface area contributed by atoms with Gasteiger partial charge in [0.25, 0.3) is 0 Å². The van der Waals surface area contributed by atoms with Crippen molar-refractivity contribution in [3.63, 3.8) is 0 Å². The zero-order valence-electron chi connectivity index (χ0n) is 13.7. The van der Waals surface area contributed by atoms with E-state index < -0.39 is 0 Å². The average Bonchev–Trinajstić information content (AvgIpc) is 2.48. The van der Waals surface area contributed by atoms with Gasteiger partial charge in [0, 0.05) is 18.2 Å². The highest BCUT2D eigenvalue weighted by Crippen LogP contribution is 2.32. The number of rotatable bonds is 5. The molecule has 1 unspecified atom stereocenters. The summed E-state index contributed by atoms with van der Waals surface area (Å²) in [6.07, 6.45) is 2.46. The van der Waals surface area contributed by atoms with E-state index in [1.807, 2.05) is 18.2 Å².